The summed E-state index contributed by atoms with van der Waals surface area (Å²) in [6.45, 7) is 0.318. The molecule has 3 rings (SSSR count). The van der Waals surface area contributed by atoms with Crippen molar-refractivity contribution in [3.8, 4) is 11.8 Å². The SMILES string of the molecule is N#Cc1cc([N+](=O)[O-])cn(Cc2csc(COc3ccccc3)n2)c1=O. The molecule has 0 unspecified atom stereocenters. The molecule has 0 aliphatic heterocycles. The van der Waals surface area contributed by atoms with E-state index in [1.807, 2.05) is 30.3 Å². The zero-order chi connectivity index (χ0) is 18.5. The highest BCUT2D eigenvalue weighted by atomic mass is 32.1. The molecule has 0 radical (unpaired) electrons. The molecule has 3 aromatic rings. The summed E-state index contributed by atoms with van der Waals surface area (Å²) in [5.41, 5.74) is -0.618. The molecule has 0 N–H and O–H groups in total. The molecule has 0 amide bonds. The second kappa shape index (κ2) is 7.58. The van der Waals surface area contributed by atoms with E-state index in [-0.39, 0.29) is 24.4 Å². The fraction of sp³-hybridized carbons (Fsp3) is 0.118. The topological polar surface area (TPSA) is 111 Å². The summed E-state index contributed by atoms with van der Waals surface area (Å²) in [6, 6.07) is 11.9. The van der Waals surface area contributed by atoms with Gasteiger partial charge in [0.25, 0.3) is 11.2 Å². The third-order valence-corrected chi connectivity index (χ3v) is 4.31. The monoisotopic (exact) mass is 368 g/mol. The lowest BCUT2D eigenvalue weighted by molar-refractivity contribution is -0.385. The summed E-state index contributed by atoms with van der Waals surface area (Å²) >= 11 is 1.36. The summed E-state index contributed by atoms with van der Waals surface area (Å²) in [5.74, 6) is 0.720. The van der Waals surface area contributed by atoms with Gasteiger partial charge in [0.15, 0.2) is 0 Å². The maximum atomic E-state index is 12.2. The fourth-order valence-electron chi connectivity index (χ4n) is 2.24. The molecule has 2 heterocycles. The lowest BCUT2D eigenvalue weighted by atomic mass is 10.2. The smallest absolute Gasteiger partial charge is 0.287 e. The van der Waals surface area contributed by atoms with E-state index < -0.39 is 10.5 Å². The largest absolute Gasteiger partial charge is 0.486 e. The minimum Gasteiger partial charge on any atom is -0.486 e. The molecule has 0 bridgehead atoms. The molecule has 0 aliphatic carbocycles. The number of benzene rings is 1. The van der Waals surface area contributed by atoms with Crippen molar-refractivity contribution in [2.75, 3.05) is 0 Å². The zero-order valence-electron chi connectivity index (χ0n) is 13.4. The van der Waals surface area contributed by atoms with Gasteiger partial charge >= 0.3 is 0 Å². The van der Waals surface area contributed by atoms with Crippen LogP contribution < -0.4 is 10.3 Å². The molecule has 0 saturated carbocycles. The van der Waals surface area contributed by atoms with Gasteiger partial charge < -0.3 is 9.30 Å². The minimum atomic E-state index is -0.642. The molecule has 0 atom stereocenters. The van der Waals surface area contributed by atoms with Crippen molar-refractivity contribution < 1.29 is 9.66 Å². The van der Waals surface area contributed by atoms with Crippen molar-refractivity contribution in [2.45, 2.75) is 13.2 Å². The Hall–Kier alpha value is -3.51. The lowest BCUT2D eigenvalue weighted by Gasteiger charge is -2.04. The molecule has 0 saturated heterocycles. The predicted octanol–water partition coefficient (Wildman–Crippen LogP) is 2.71. The number of para-hydroxylation sites is 1. The third-order valence-electron chi connectivity index (χ3n) is 3.44. The van der Waals surface area contributed by atoms with Crippen molar-refractivity contribution in [3.63, 3.8) is 0 Å². The second-order valence-electron chi connectivity index (χ2n) is 5.25. The maximum Gasteiger partial charge on any atom is 0.287 e. The number of nitriles is 1. The molecule has 8 nitrogen and oxygen atoms in total. The number of pyridine rings is 1. The van der Waals surface area contributed by atoms with Crippen LogP contribution in [0.5, 0.6) is 5.75 Å². The molecular formula is C17H12N4O4S. The van der Waals surface area contributed by atoms with E-state index in [0.29, 0.717) is 10.7 Å². The van der Waals surface area contributed by atoms with E-state index in [0.717, 1.165) is 22.6 Å². The van der Waals surface area contributed by atoms with E-state index in [4.69, 9.17) is 10.00 Å². The predicted molar refractivity (Wildman–Crippen MR) is 94.1 cm³/mol. The summed E-state index contributed by atoms with van der Waals surface area (Å²) in [6.07, 6.45) is 1.11. The van der Waals surface area contributed by atoms with Crippen molar-refractivity contribution in [1.29, 1.82) is 5.26 Å². The fourth-order valence-corrected chi connectivity index (χ4v) is 2.94. The molecule has 2 aromatic heterocycles. The van der Waals surface area contributed by atoms with Crippen LogP contribution in [0.4, 0.5) is 5.69 Å². The van der Waals surface area contributed by atoms with Gasteiger partial charge in [-0.15, -0.1) is 11.3 Å². The number of ether oxygens (including phenoxy) is 1. The van der Waals surface area contributed by atoms with E-state index >= 15 is 0 Å². The molecule has 0 fully saturated rings. The first kappa shape index (κ1) is 17.3. The Labute approximate surface area is 151 Å². The molecule has 9 heteroatoms. The van der Waals surface area contributed by atoms with Gasteiger partial charge in [0.05, 0.1) is 23.4 Å². The Morgan fingerprint density at radius 2 is 2.12 bits per heavy atom. The highest BCUT2D eigenvalue weighted by Gasteiger charge is 2.15. The first-order valence-electron chi connectivity index (χ1n) is 7.47. The Morgan fingerprint density at radius 1 is 1.35 bits per heavy atom. The first-order chi connectivity index (χ1) is 12.6. The Morgan fingerprint density at radius 3 is 2.81 bits per heavy atom. The van der Waals surface area contributed by atoms with E-state index in [2.05, 4.69) is 4.98 Å². The van der Waals surface area contributed by atoms with Crippen LogP contribution in [0.1, 0.15) is 16.3 Å². The maximum absolute atomic E-state index is 12.2. The number of nitro groups is 1. The average Bonchev–Trinajstić information content (AvgIpc) is 3.10. The number of nitrogens with zero attached hydrogens (tertiary/aromatic N) is 4. The van der Waals surface area contributed by atoms with Crippen LogP contribution in [0.3, 0.4) is 0 Å². The molecular weight excluding hydrogens is 356 g/mol. The van der Waals surface area contributed by atoms with E-state index in [9.17, 15) is 14.9 Å². The van der Waals surface area contributed by atoms with Crippen molar-refractivity contribution >= 4 is 17.0 Å². The molecule has 1 aromatic carbocycles. The number of rotatable bonds is 6. The molecule has 130 valence electrons. The Balaban J connectivity index is 1.77. The molecule has 0 spiro atoms. The van der Waals surface area contributed by atoms with Gasteiger partial charge in [-0.2, -0.15) is 5.26 Å². The van der Waals surface area contributed by atoms with E-state index in [1.165, 1.54) is 11.3 Å². The van der Waals surface area contributed by atoms with Gasteiger partial charge in [0, 0.05) is 11.4 Å². The molecule has 26 heavy (non-hydrogen) atoms. The van der Waals surface area contributed by atoms with Crippen molar-refractivity contribution in [3.05, 3.63) is 84.7 Å². The third kappa shape index (κ3) is 3.93. The van der Waals surface area contributed by atoms with Crippen LogP contribution in [0.15, 0.2) is 52.8 Å². The van der Waals surface area contributed by atoms with Gasteiger partial charge in [-0.25, -0.2) is 4.98 Å². The second-order valence-corrected chi connectivity index (χ2v) is 6.19. The van der Waals surface area contributed by atoms with E-state index in [1.54, 1.807) is 11.4 Å². The quantitative estimate of drug-likeness (QED) is 0.488. The highest BCUT2D eigenvalue weighted by Crippen LogP contribution is 2.16. The summed E-state index contributed by atoms with van der Waals surface area (Å²) in [5, 5.41) is 22.4. The lowest BCUT2D eigenvalue weighted by Crippen LogP contribution is -2.23. The van der Waals surface area contributed by atoms with Crippen LogP contribution in [-0.4, -0.2) is 14.5 Å². The first-order valence-corrected chi connectivity index (χ1v) is 8.35. The van der Waals surface area contributed by atoms with Crippen LogP contribution >= 0.6 is 11.3 Å². The van der Waals surface area contributed by atoms with Gasteiger partial charge in [0.1, 0.15) is 29.0 Å². The summed E-state index contributed by atoms with van der Waals surface area (Å²) in [7, 11) is 0. The number of thiazole rings is 1. The van der Waals surface area contributed by atoms with Gasteiger partial charge in [-0.05, 0) is 12.1 Å². The number of hydrogen-bond donors (Lipinski definition) is 0. The Bertz CT molecular complexity index is 1040. The van der Waals surface area contributed by atoms with Crippen molar-refractivity contribution in [2.24, 2.45) is 0 Å². The van der Waals surface area contributed by atoms with Gasteiger partial charge in [-0.3, -0.25) is 14.9 Å². The minimum absolute atomic E-state index is 0.0387. The van der Waals surface area contributed by atoms with Gasteiger partial charge in [-0.1, -0.05) is 18.2 Å². The van der Waals surface area contributed by atoms with Crippen LogP contribution in [0, 0.1) is 21.4 Å². The summed E-state index contributed by atoms with van der Waals surface area (Å²) in [4.78, 5) is 26.9. The van der Waals surface area contributed by atoms with Gasteiger partial charge in [0.2, 0.25) is 0 Å². The average molecular weight is 368 g/mol. The number of hydrogen-bond acceptors (Lipinski definition) is 7. The normalized spacial score (nSPS) is 10.3. The standard InChI is InChI=1S/C17H12N4O4S/c18-7-12-6-14(21(23)24)9-20(17(12)22)8-13-11-26-16(19-13)10-25-15-4-2-1-3-5-15/h1-6,9,11H,8,10H2. The van der Waals surface area contributed by atoms with Crippen molar-refractivity contribution in [1.82, 2.24) is 9.55 Å². The van der Waals surface area contributed by atoms with Crippen LogP contribution in [0.2, 0.25) is 0 Å². The molecule has 0 aliphatic rings. The zero-order valence-corrected chi connectivity index (χ0v) is 14.2. The van der Waals surface area contributed by atoms with Crippen LogP contribution in [-0.2, 0) is 13.2 Å². The number of aromatic nitrogens is 2. The summed E-state index contributed by atoms with van der Waals surface area (Å²) < 4.78 is 6.73. The Kier molecular flexibility index (Phi) is 5.05. The van der Waals surface area contributed by atoms with Crippen LogP contribution in [0.25, 0.3) is 0 Å². The highest BCUT2D eigenvalue weighted by molar-refractivity contribution is 7.09.